The monoisotopic (exact) mass is 444 g/mol. The van der Waals surface area contributed by atoms with Crippen LogP contribution in [0.3, 0.4) is 0 Å². The highest BCUT2D eigenvalue weighted by Gasteiger charge is 2.26. The van der Waals surface area contributed by atoms with Crippen LogP contribution in [0.4, 0.5) is 0 Å². The lowest BCUT2D eigenvalue weighted by Gasteiger charge is -2.33. The molecule has 1 amide bonds. The van der Waals surface area contributed by atoms with Gasteiger partial charge in [-0.2, -0.15) is 0 Å². The molecule has 4 rings (SSSR count). The van der Waals surface area contributed by atoms with Crippen LogP contribution in [0.15, 0.2) is 64.4 Å². The topological polar surface area (TPSA) is 84.3 Å². The summed E-state index contributed by atoms with van der Waals surface area (Å²) in [6, 6.07) is 13.1. The van der Waals surface area contributed by atoms with Crippen LogP contribution in [-0.2, 0) is 21.4 Å². The summed E-state index contributed by atoms with van der Waals surface area (Å²) in [5.74, 6) is 0.894. The van der Waals surface area contributed by atoms with Crippen molar-refractivity contribution >= 4 is 27.3 Å². The standard InChI is InChI=1S/C21H24N4O3S2/c26-19(16-25-12-10-22-21(25)18-7-2-1-3-8-18)24-11-4-6-17(15-24)14-23-30(27,28)20-9-5-13-29-20/h1-3,5,7-10,12-13,17,23H,4,6,11,14-16H2/t17-/m0/s1. The molecule has 0 unspecified atom stereocenters. The van der Waals surface area contributed by atoms with E-state index in [0.717, 1.165) is 24.2 Å². The SMILES string of the molecule is O=C(Cn1ccnc1-c1ccccc1)N1CCC[C@@H](CNS(=O)(=O)c2cccs2)C1. The second kappa shape index (κ2) is 9.11. The zero-order valence-corrected chi connectivity index (χ0v) is 18.1. The first-order chi connectivity index (χ1) is 14.5. The Morgan fingerprint density at radius 1 is 1.20 bits per heavy atom. The Balaban J connectivity index is 1.36. The van der Waals surface area contributed by atoms with Crippen molar-refractivity contribution in [2.24, 2.45) is 5.92 Å². The van der Waals surface area contributed by atoms with E-state index in [2.05, 4.69) is 9.71 Å². The van der Waals surface area contributed by atoms with Crippen LogP contribution in [0, 0.1) is 5.92 Å². The Morgan fingerprint density at radius 3 is 2.80 bits per heavy atom. The third-order valence-corrected chi connectivity index (χ3v) is 8.07. The van der Waals surface area contributed by atoms with E-state index in [0.29, 0.717) is 23.8 Å². The zero-order chi connectivity index (χ0) is 21.0. The molecule has 30 heavy (non-hydrogen) atoms. The van der Waals surface area contributed by atoms with E-state index in [4.69, 9.17) is 0 Å². The molecule has 0 aliphatic carbocycles. The van der Waals surface area contributed by atoms with Crippen molar-refractivity contribution in [3.63, 3.8) is 0 Å². The molecule has 2 aromatic heterocycles. The second-order valence-electron chi connectivity index (χ2n) is 7.38. The maximum absolute atomic E-state index is 12.9. The largest absolute Gasteiger partial charge is 0.341 e. The van der Waals surface area contributed by atoms with E-state index in [1.165, 1.54) is 11.3 Å². The highest BCUT2D eigenvalue weighted by atomic mass is 32.2. The van der Waals surface area contributed by atoms with E-state index in [9.17, 15) is 13.2 Å². The molecule has 1 aliphatic rings. The fourth-order valence-corrected chi connectivity index (χ4v) is 5.86. The Hall–Kier alpha value is -2.49. The number of nitrogens with zero attached hydrogens (tertiary/aromatic N) is 3. The highest BCUT2D eigenvalue weighted by molar-refractivity contribution is 7.91. The van der Waals surface area contributed by atoms with E-state index in [-0.39, 0.29) is 18.4 Å². The minimum absolute atomic E-state index is 0.0241. The average Bonchev–Trinajstić information content (AvgIpc) is 3.46. The summed E-state index contributed by atoms with van der Waals surface area (Å²) >= 11 is 1.20. The predicted molar refractivity (Wildman–Crippen MR) is 116 cm³/mol. The van der Waals surface area contributed by atoms with Crippen LogP contribution < -0.4 is 4.72 Å². The number of carbonyl (C=O) groups is 1. The van der Waals surface area contributed by atoms with E-state index >= 15 is 0 Å². The molecule has 7 nitrogen and oxygen atoms in total. The molecule has 0 spiro atoms. The van der Waals surface area contributed by atoms with Gasteiger partial charge in [-0.05, 0) is 30.2 Å². The number of rotatable bonds is 7. The lowest BCUT2D eigenvalue weighted by atomic mass is 9.98. The molecule has 1 N–H and O–H groups in total. The third-order valence-electron chi connectivity index (χ3n) is 5.25. The number of carbonyl (C=O) groups excluding carboxylic acids is 1. The number of sulfonamides is 1. The summed E-state index contributed by atoms with van der Waals surface area (Å²) in [4.78, 5) is 19.2. The van der Waals surface area contributed by atoms with Gasteiger partial charge in [0.25, 0.3) is 0 Å². The van der Waals surface area contributed by atoms with Crippen LogP contribution in [0.5, 0.6) is 0 Å². The summed E-state index contributed by atoms with van der Waals surface area (Å²) in [5, 5.41) is 1.75. The minimum atomic E-state index is -3.48. The Morgan fingerprint density at radius 2 is 2.03 bits per heavy atom. The predicted octanol–water partition coefficient (Wildman–Crippen LogP) is 2.83. The molecule has 1 aliphatic heterocycles. The summed E-state index contributed by atoms with van der Waals surface area (Å²) in [7, 11) is -3.48. The van der Waals surface area contributed by atoms with Gasteiger partial charge in [-0.25, -0.2) is 18.1 Å². The highest BCUT2D eigenvalue weighted by Crippen LogP contribution is 2.21. The zero-order valence-electron chi connectivity index (χ0n) is 16.5. The first kappa shape index (κ1) is 20.8. The molecule has 0 radical (unpaired) electrons. The van der Waals surface area contributed by atoms with Crippen molar-refractivity contribution in [2.75, 3.05) is 19.6 Å². The van der Waals surface area contributed by atoms with Crippen LogP contribution in [-0.4, -0.2) is 48.4 Å². The van der Waals surface area contributed by atoms with Gasteiger partial charge in [0.15, 0.2) is 0 Å². The van der Waals surface area contributed by atoms with Crippen molar-refractivity contribution in [2.45, 2.75) is 23.6 Å². The van der Waals surface area contributed by atoms with E-state index in [1.54, 1.807) is 23.7 Å². The van der Waals surface area contributed by atoms with E-state index < -0.39 is 10.0 Å². The summed E-state index contributed by atoms with van der Waals surface area (Å²) in [5.41, 5.74) is 0.967. The normalized spacial score (nSPS) is 17.2. The van der Waals surface area contributed by atoms with Gasteiger partial charge >= 0.3 is 0 Å². The molecule has 0 saturated carbocycles. The number of likely N-dealkylation sites (tertiary alicyclic amines) is 1. The lowest BCUT2D eigenvalue weighted by molar-refractivity contribution is -0.133. The smallest absolute Gasteiger partial charge is 0.250 e. The maximum atomic E-state index is 12.9. The lowest BCUT2D eigenvalue weighted by Crippen LogP contribution is -2.44. The number of hydrogen-bond acceptors (Lipinski definition) is 5. The average molecular weight is 445 g/mol. The van der Waals surface area contributed by atoms with Gasteiger partial charge < -0.3 is 9.47 Å². The molecule has 3 aromatic rings. The number of piperidine rings is 1. The minimum Gasteiger partial charge on any atom is -0.341 e. The van der Waals surface area contributed by atoms with Gasteiger partial charge in [0, 0.05) is 37.6 Å². The number of hydrogen-bond donors (Lipinski definition) is 1. The Kier molecular flexibility index (Phi) is 6.31. The van der Waals surface area contributed by atoms with Crippen LogP contribution in [0.1, 0.15) is 12.8 Å². The van der Waals surface area contributed by atoms with Crippen molar-refractivity contribution in [3.05, 3.63) is 60.2 Å². The van der Waals surface area contributed by atoms with Crippen LogP contribution in [0.2, 0.25) is 0 Å². The van der Waals surface area contributed by atoms with E-state index in [1.807, 2.05) is 46.0 Å². The summed E-state index contributed by atoms with van der Waals surface area (Å²) in [6.45, 7) is 1.81. The second-order valence-corrected chi connectivity index (χ2v) is 10.3. The summed E-state index contributed by atoms with van der Waals surface area (Å²) < 4.78 is 29.6. The van der Waals surface area contributed by atoms with Crippen molar-refractivity contribution in [1.82, 2.24) is 19.2 Å². The first-order valence-corrected chi connectivity index (χ1v) is 12.3. The number of imidazole rings is 1. The van der Waals surface area contributed by atoms with Gasteiger partial charge in [0.1, 0.15) is 16.6 Å². The Labute approximate surface area is 180 Å². The Bertz CT molecular complexity index is 1080. The molecular formula is C21H24N4O3S2. The van der Waals surface area contributed by atoms with Gasteiger partial charge in [0.05, 0.1) is 0 Å². The van der Waals surface area contributed by atoms with Crippen molar-refractivity contribution in [3.8, 4) is 11.4 Å². The van der Waals surface area contributed by atoms with Crippen molar-refractivity contribution < 1.29 is 13.2 Å². The number of nitrogens with one attached hydrogen (secondary N) is 1. The molecule has 1 aromatic carbocycles. The molecule has 1 fully saturated rings. The quantitative estimate of drug-likeness (QED) is 0.607. The third kappa shape index (κ3) is 4.80. The molecule has 9 heteroatoms. The van der Waals surface area contributed by atoms with Crippen molar-refractivity contribution in [1.29, 1.82) is 0 Å². The molecule has 158 valence electrons. The van der Waals surface area contributed by atoms with Crippen LogP contribution >= 0.6 is 11.3 Å². The molecule has 0 bridgehead atoms. The molecule has 3 heterocycles. The maximum Gasteiger partial charge on any atom is 0.250 e. The fraction of sp³-hybridized carbons (Fsp3) is 0.333. The molecular weight excluding hydrogens is 420 g/mol. The number of amides is 1. The molecule has 1 atom stereocenters. The van der Waals surface area contributed by atoms with Gasteiger partial charge in [-0.1, -0.05) is 36.4 Å². The fourth-order valence-electron chi connectivity index (χ4n) is 3.70. The van der Waals surface area contributed by atoms with Gasteiger partial charge in [-0.15, -0.1) is 11.3 Å². The first-order valence-electron chi connectivity index (χ1n) is 9.90. The van der Waals surface area contributed by atoms with Gasteiger partial charge in [-0.3, -0.25) is 4.79 Å². The number of thiophene rings is 1. The van der Waals surface area contributed by atoms with Gasteiger partial charge in [0.2, 0.25) is 15.9 Å². The number of benzene rings is 1. The number of aromatic nitrogens is 2. The van der Waals surface area contributed by atoms with Crippen LogP contribution in [0.25, 0.3) is 11.4 Å². The molecule has 1 saturated heterocycles. The summed E-state index contributed by atoms with van der Waals surface area (Å²) in [6.07, 6.45) is 5.29.